The van der Waals surface area contributed by atoms with Gasteiger partial charge in [-0.15, -0.1) is 0 Å². The predicted octanol–water partition coefficient (Wildman–Crippen LogP) is 3.32. The molecule has 3 nitrogen and oxygen atoms in total. The van der Waals surface area contributed by atoms with E-state index in [-0.39, 0.29) is 16.0 Å². The molecule has 0 atom stereocenters. The number of hydrogen-bond donors (Lipinski definition) is 0. The fourth-order valence-electron chi connectivity index (χ4n) is 1.68. The van der Waals surface area contributed by atoms with E-state index < -0.39 is 21.4 Å². The van der Waals surface area contributed by atoms with Crippen LogP contribution < -0.4 is 0 Å². The van der Waals surface area contributed by atoms with Crippen molar-refractivity contribution in [3.8, 4) is 6.07 Å². The molecule has 0 amide bonds. The van der Waals surface area contributed by atoms with Crippen LogP contribution >= 0.6 is 11.6 Å². The van der Waals surface area contributed by atoms with E-state index in [2.05, 4.69) is 0 Å². The van der Waals surface area contributed by atoms with Gasteiger partial charge in [-0.1, -0.05) is 23.7 Å². The van der Waals surface area contributed by atoms with Crippen molar-refractivity contribution in [1.82, 2.24) is 0 Å². The SMILES string of the molecule is N#Cc1ccc(CS(=O)(=O)c2cccc(Cl)c2)c(F)c1. The largest absolute Gasteiger partial charge is 0.223 e. The average molecular weight is 310 g/mol. The summed E-state index contributed by atoms with van der Waals surface area (Å²) in [5.74, 6) is -1.19. The molecular weight excluding hydrogens is 301 g/mol. The molecule has 0 aliphatic heterocycles. The van der Waals surface area contributed by atoms with Crippen LogP contribution in [0, 0.1) is 17.1 Å². The lowest BCUT2D eigenvalue weighted by Crippen LogP contribution is -2.06. The lowest BCUT2D eigenvalue weighted by molar-refractivity contribution is 0.587. The van der Waals surface area contributed by atoms with Crippen LogP contribution in [0.25, 0.3) is 0 Å². The minimum absolute atomic E-state index is 0.0176. The van der Waals surface area contributed by atoms with Gasteiger partial charge in [0.15, 0.2) is 9.84 Å². The summed E-state index contributed by atoms with van der Waals surface area (Å²) in [5, 5.41) is 8.94. The van der Waals surface area contributed by atoms with E-state index in [0.29, 0.717) is 5.02 Å². The first-order valence-corrected chi connectivity index (χ1v) is 7.62. The predicted molar refractivity (Wildman–Crippen MR) is 73.5 cm³/mol. The van der Waals surface area contributed by atoms with E-state index in [0.717, 1.165) is 6.07 Å². The highest BCUT2D eigenvalue weighted by Crippen LogP contribution is 2.21. The highest BCUT2D eigenvalue weighted by Gasteiger charge is 2.18. The highest BCUT2D eigenvalue weighted by molar-refractivity contribution is 7.90. The summed E-state index contributed by atoms with van der Waals surface area (Å²) in [5.41, 5.74) is 0.162. The minimum atomic E-state index is -3.69. The van der Waals surface area contributed by atoms with Gasteiger partial charge in [0.1, 0.15) is 5.82 Å². The zero-order valence-corrected chi connectivity index (χ0v) is 11.7. The topological polar surface area (TPSA) is 57.9 Å². The van der Waals surface area contributed by atoms with Gasteiger partial charge >= 0.3 is 0 Å². The summed E-state index contributed by atoms with van der Waals surface area (Å²) in [4.78, 5) is 0.0359. The van der Waals surface area contributed by atoms with Crippen molar-refractivity contribution in [2.45, 2.75) is 10.6 Å². The van der Waals surface area contributed by atoms with Crippen LogP contribution in [0.15, 0.2) is 47.4 Å². The van der Waals surface area contributed by atoms with Gasteiger partial charge < -0.3 is 0 Å². The van der Waals surface area contributed by atoms with Crippen LogP contribution in [-0.4, -0.2) is 8.42 Å². The lowest BCUT2D eigenvalue weighted by atomic mass is 10.1. The van der Waals surface area contributed by atoms with E-state index in [1.165, 1.54) is 30.3 Å². The fraction of sp³-hybridized carbons (Fsp3) is 0.0714. The van der Waals surface area contributed by atoms with Crippen molar-refractivity contribution in [3.05, 3.63) is 64.4 Å². The first-order chi connectivity index (χ1) is 9.42. The number of benzene rings is 2. The summed E-state index contributed by atoms with van der Waals surface area (Å²) >= 11 is 5.75. The Morgan fingerprint density at radius 3 is 2.55 bits per heavy atom. The van der Waals surface area contributed by atoms with Crippen molar-refractivity contribution in [2.24, 2.45) is 0 Å². The molecule has 0 saturated heterocycles. The molecule has 0 radical (unpaired) electrons. The Hall–Kier alpha value is -1.90. The van der Waals surface area contributed by atoms with Gasteiger partial charge in [0.2, 0.25) is 0 Å². The lowest BCUT2D eigenvalue weighted by Gasteiger charge is -2.06. The van der Waals surface area contributed by atoms with E-state index in [1.54, 1.807) is 12.1 Å². The van der Waals surface area contributed by atoms with E-state index >= 15 is 0 Å². The van der Waals surface area contributed by atoms with Crippen LogP contribution in [0.1, 0.15) is 11.1 Å². The minimum Gasteiger partial charge on any atom is -0.223 e. The second-order valence-electron chi connectivity index (χ2n) is 4.13. The van der Waals surface area contributed by atoms with Crippen molar-refractivity contribution in [3.63, 3.8) is 0 Å². The maximum absolute atomic E-state index is 13.7. The smallest absolute Gasteiger partial charge is 0.182 e. The number of rotatable bonds is 3. The fourth-order valence-corrected chi connectivity index (χ4v) is 3.34. The molecule has 0 aliphatic rings. The third kappa shape index (κ3) is 3.16. The van der Waals surface area contributed by atoms with Crippen molar-refractivity contribution in [1.29, 1.82) is 5.26 Å². The molecule has 20 heavy (non-hydrogen) atoms. The summed E-state index contributed by atoms with van der Waals surface area (Å²) in [6.45, 7) is 0. The van der Waals surface area contributed by atoms with Crippen molar-refractivity contribution >= 4 is 21.4 Å². The quantitative estimate of drug-likeness (QED) is 0.874. The number of halogens is 2. The van der Waals surface area contributed by atoms with Gasteiger partial charge in [-0.05, 0) is 30.3 Å². The molecule has 6 heteroatoms. The zero-order chi connectivity index (χ0) is 14.8. The Bertz CT molecular complexity index is 797. The maximum atomic E-state index is 13.7. The Morgan fingerprint density at radius 1 is 1.20 bits per heavy atom. The Labute approximate surface area is 121 Å². The molecule has 102 valence electrons. The summed E-state index contributed by atoms with van der Waals surface area (Å²) in [6.07, 6.45) is 0. The van der Waals surface area contributed by atoms with Crippen LogP contribution in [0.5, 0.6) is 0 Å². The molecule has 0 aromatic heterocycles. The molecule has 0 aliphatic carbocycles. The normalized spacial score (nSPS) is 11.1. The van der Waals surface area contributed by atoms with Crippen LogP contribution in [0.3, 0.4) is 0 Å². The standard InChI is InChI=1S/C14H9ClFNO2S/c15-12-2-1-3-13(7-12)20(18,19)9-11-5-4-10(8-17)6-14(11)16/h1-7H,9H2. The van der Waals surface area contributed by atoms with Crippen molar-refractivity contribution in [2.75, 3.05) is 0 Å². The molecule has 0 spiro atoms. The second-order valence-corrected chi connectivity index (χ2v) is 6.56. The Kier molecular flexibility index (Phi) is 4.07. The van der Waals surface area contributed by atoms with Gasteiger partial charge in [0.05, 0.1) is 22.3 Å². The second kappa shape index (κ2) is 5.61. The third-order valence-corrected chi connectivity index (χ3v) is 4.58. The molecule has 2 aromatic carbocycles. The van der Waals surface area contributed by atoms with E-state index in [4.69, 9.17) is 16.9 Å². The molecule has 2 rings (SSSR count). The molecule has 0 fully saturated rings. The van der Waals surface area contributed by atoms with Crippen LogP contribution in [0.4, 0.5) is 4.39 Å². The molecule has 0 saturated carbocycles. The molecule has 0 bridgehead atoms. The maximum Gasteiger partial charge on any atom is 0.182 e. The summed E-state index contributed by atoms with van der Waals surface area (Å²) < 4.78 is 38.1. The number of sulfone groups is 1. The molecule has 0 heterocycles. The summed E-state index contributed by atoms with van der Waals surface area (Å²) in [7, 11) is -3.69. The molecule has 2 aromatic rings. The van der Waals surface area contributed by atoms with Gasteiger partial charge in [-0.25, -0.2) is 12.8 Å². The zero-order valence-electron chi connectivity index (χ0n) is 10.2. The van der Waals surface area contributed by atoms with Gasteiger partial charge in [0, 0.05) is 10.6 Å². The molecule has 0 unspecified atom stereocenters. The molecular formula is C14H9ClFNO2S. The first-order valence-electron chi connectivity index (χ1n) is 5.59. The third-order valence-electron chi connectivity index (χ3n) is 2.68. The van der Waals surface area contributed by atoms with E-state index in [1.807, 2.05) is 0 Å². The highest BCUT2D eigenvalue weighted by atomic mass is 35.5. The molecule has 0 N–H and O–H groups in total. The van der Waals surface area contributed by atoms with Gasteiger partial charge in [0.25, 0.3) is 0 Å². The van der Waals surface area contributed by atoms with Gasteiger partial charge in [-0.3, -0.25) is 0 Å². The Balaban J connectivity index is 2.36. The average Bonchev–Trinajstić information content (AvgIpc) is 2.41. The Morgan fingerprint density at radius 2 is 1.95 bits per heavy atom. The number of nitriles is 1. The van der Waals surface area contributed by atoms with Crippen LogP contribution in [0.2, 0.25) is 5.02 Å². The summed E-state index contributed by atoms with van der Waals surface area (Å²) in [6, 6.07) is 11.3. The van der Waals surface area contributed by atoms with Gasteiger partial charge in [-0.2, -0.15) is 5.26 Å². The van der Waals surface area contributed by atoms with Crippen molar-refractivity contribution < 1.29 is 12.8 Å². The van der Waals surface area contributed by atoms with Crippen LogP contribution in [-0.2, 0) is 15.6 Å². The first kappa shape index (κ1) is 14.5. The monoisotopic (exact) mass is 309 g/mol. The number of hydrogen-bond acceptors (Lipinski definition) is 3. The van der Waals surface area contributed by atoms with E-state index in [9.17, 15) is 12.8 Å². The number of nitrogens with zero attached hydrogens (tertiary/aromatic N) is 1.